The van der Waals surface area contributed by atoms with E-state index in [1.54, 1.807) is 6.92 Å². The fraction of sp³-hybridized carbons (Fsp3) is 0.429. The highest BCUT2D eigenvalue weighted by atomic mass is 32.1. The molecule has 1 atom stereocenters. The van der Waals surface area contributed by atoms with Gasteiger partial charge in [-0.2, -0.15) is 0 Å². The molecule has 0 saturated heterocycles. The Balaban J connectivity index is 2.34. The van der Waals surface area contributed by atoms with E-state index < -0.39 is 18.1 Å². The number of anilines is 1. The molecule has 1 heterocycles. The topological polar surface area (TPSA) is 124 Å². The molecule has 1 rings (SSSR count). The Bertz CT molecular complexity index is 393. The molecule has 2 amide bonds. The minimum atomic E-state index is -1.62. The first-order valence-electron chi connectivity index (χ1n) is 4.25. The van der Waals surface area contributed by atoms with Gasteiger partial charge in [-0.05, 0) is 6.92 Å². The van der Waals surface area contributed by atoms with Gasteiger partial charge in [0, 0.05) is 0 Å². The number of aliphatic hydroxyl groups is 1. The van der Waals surface area contributed by atoms with Crippen LogP contribution >= 0.6 is 11.3 Å². The summed E-state index contributed by atoms with van der Waals surface area (Å²) in [6.07, 6.45) is -1.62. The van der Waals surface area contributed by atoms with E-state index in [-0.39, 0.29) is 6.54 Å². The number of carboxylic acid groups (broad SMARTS) is 1. The molecule has 0 aliphatic carbocycles. The molecule has 0 fully saturated rings. The lowest BCUT2D eigenvalue weighted by Crippen LogP contribution is -2.38. The zero-order chi connectivity index (χ0) is 12.1. The number of nitrogens with zero attached hydrogens (tertiary/aromatic N) is 2. The van der Waals surface area contributed by atoms with Gasteiger partial charge in [0.25, 0.3) is 0 Å². The Morgan fingerprint density at radius 1 is 1.50 bits per heavy atom. The van der Waals surface area contributed by atoms with Crippen LogP contribution in [-0.4, -0.2) is 45.1 Å². The number of nitrogens with one attached hydrogen (secondary N) is 2. The van der Waals surface area contributed by atoms with Crippen LogP contribution in [-0.2, 0) is 4.79 Å². The largest absolute Gasteiger partial charge is 0.479 e. The molecule has 0 spiro atoms. The van der Waals surface area contributed by atoms with Crippen LogP contribution in [0.4, 0.5) is 9.93 Å². The molecule has 0 aliphatic rings. The summed E-state index contributed by atoms with van der Waals surface area (Å²) in [4.78, 5) is 21.4. The predicted octanol–water partition coefficient (Wildman–Crippen LogP) is -0.586. The zero-order valence-electron chi connectivity index (χ0n) is 8.30. The lowest BCUT2D eigenvalue weighted by Gasteiger charge is -2.07. The van der Waals surface area contributed by atoms with Gasteiger partial charge in [-0.1, -0.05) is 11.3 Å². The smallest absolute Gasteiger partial charge is 0.334 e. The van der Waals surface area contributed by atoms with Crippen molar-refractivity contribution in [2.75, 3.05) is 11.9 Å². The standard InChI is InChI=1S/C7H10N4O4S/c1-3-10-11-7(16-3)9-6(15)8-2-4(12)5(13)14/h4,12H,2H2,1H3,(H,13,14)(H2,8,9,11,15)/t4-/m0/s1. The number of carbonyl (C=O) groups is 2. The van der Waals surface area contributed by atoms with E-state index in [0.717, 1.165) is 0 Å². The van der Waals surface area contributed by atoms with Crippen LogP contribution in [0, 0.1) is 6.92 Å². The maximum absolute atomic E-state index is 11.2. The van der Waals surface area contributed by atoms with Gasteiger partial charge in [-0.3, -0.25) is 5.32 Å². The molecule has 1 aromatic heterocycles. The van der Waals surface area contributed by atoms with E-state index in [4.69, 9.17) is 10.2 Å². The summed E-state index contributed by atoms with van der Waals surface area (Å²) in [5.41, 5.74) is 0. The Labute approximate surface area is 94.3 Å². The first-order valence-corrected chi connectivity index (χ1v) is 5.06. The van der Waals surface area contributed by atoms with Gasteiger partial charge in [0.1, 0.15) is 5.01 Å². The predicted molar refractivity (Wildman–Crippen MR) is 55.3 cm³/mol. The molecule has 4 N–H and O–H groups in total. The van der Waals surface area contributed by atoms with E-state index in [1.165, 1.54) is 11.3 Å². The molecule has 0 bridgehead atoms. The number of hydrogen-bond acceptors (Lipinski definition) is 6. The second-order valence-corrected chi connectivity index (χ2v) is 4.00. The van der Waals surface area contributed by atoms with Crippen molar-refractivity contribution in [3.05, 3.63) is 5.01 Å². The number of aromatic nitrogens is 2. The molecule has 0 aromatic carbocycles. The van der Waals surface area contributed by atoms with E-state index in [0.29, 0.717) is 10.1 Å². The minimum absolute atomic E-state index is 0.305. The van der Waals surface area contributed by atoms with Crippen molar-refractivity contribution < 1.29 is 19.8 Å². The average molecular weight is 246 g/mol. The van der Waals surface area contributed by atoms with Crippen LogP contribution in [0.5, 0.6) is 0 Å². The molecular weight excluding hydrogens is 236 g/mol. The maximum atomic E-state index is 11.2. The zero-order valence-corrected chi connectivity index (χ0v) is 9.11. The molecule has 9 heteroatoms. The second-order valence-electron chi connectivity index (χ2n) is 2.82. The number of aryl methyl sites for hydroxylation is 1. The first kappa shape index (κ1) is 12.3. The Morgan fingerprint density at radius 2 is 2.19 bits per heavy atom. The van der Waals surface area contributed by atoms with Crippen molar-refractivity contribution in [1.82, 2.24) is 15.5 Å². The lowest BCUT2D eigenvalue weighted by atomic mass is 10.4. The summed E-state index contributed by atoms with van der Waals surface area (Å²) in [6.45, 7) is 1.36. The van der Waals surface area contributed by atoms with Gasteiger partial charge in [-0.15, -0.1) is 10.2 Å². The molecule has 0 aliphatic heterocycles. The Kier molecular flexibility index (Phi) is 4.14. The molecule has 0 saturated carbocycles. The van der Waals surface area contributed by atoms with Crippen molar-refractivity contribution in [1.29, 1.82) is 0 Å². The highest BCUT2D eigenvalue weighted by Gasteiger charge is 2.14. The number of aliphatic hydroxyl groups excluding tert-OH is 1. The number of carbonyl (C=O) groups excluding carboxylic acids is 1. The summed E-state index contributed by atoms with van der Waals surface area (Å²) in [7, 11) is 0. The summed E-state index contributed by atoms with van der Waals surface area (Å²) < 4.78 is 0. The van der Waals surface area contributed by atoms with Crippen molar-refractivity contribution in [3.8, 4) is 0 Å². The normalized spacial score (nSPS) is 11.9. The van der Waals surface area contributed by atoms with Gasteiger partial charge >= 0.3 is 12.0 Å². The number of aliphatic carboxylic acids is 1. The molecule has 1 aromatic rings. The van der Waals surface area contributed by atoms with E-state index >= 15 is 0 Å². The van der Waals surface area contributed by atoms with E-state index in [9.17, 15) is 9.59 Å². The van der Waals surface area contributed by atoms with Gasteiger partial charge in [0.05, 0.1) is 6.54 Å². The first-order chi connectivity index (χ1) is 7.49. The van der Waals surface area contributed by atoms with Crippen LogP contribution in [0.3, 0.4) is 0 Å². The fourth-order valence-corrected chi connectivity index (χ4v) is 1.35. The van der Waals surface area contributed by atoms with Crippen LogP contribution in [0.1, 0.15) is 5.01 Å². The van der Waals surface area contributed by atoms with Crippen molar-refractivity contribution in [2.24, 2.45) is 0 Å². The maximum Gasteiger partial charge on any atom is 0.334 e. The van der Waals surface area contributed by atoms with Crippen LogP contribution in [0.15, 0.2) is 0 Å². The van der Waals surface area contributed by atoms with Gasteiger partial charge in [-0.25, -0.2) is 9.59 Å². The number of urea groups is 1. The highest BCUT2D eigenvalue weighted by molar-refractivity contribution is 7.15. The fourth-order valence-electron chi connectivity index (χ4n) is 0.765. The summed E-state index contributed by atoms with van der Waals surface area (Å²) in [5.74, 6) is -1.40. The molecule has 0 radical (unpaired) electrons. The Morgan fingerprint density at radius 3 is 2.69 bits per heavy atom. The van der Waals surface area contributed by atoms with Crippen LogP contribution in [0.25, 0.3) is 0 Å². The third kappa shape index (κ3) is 3.79. The molecule has 0 unspecified atom stereocenters. The minimum Gasteiger partial charge on any atom is -0.479 e. The van der Waals surface area contributed by atoms with E-state index in [1.807, 2.05) is 0 Å². The molecule has 8 nitrogen and oxygen atoms in total. The third-order valence-corrected chi connectivity index (χ3v) is 2.24. The molecule has 88 valence electrons. The molecule has 16 heavy (non-hydrogen) atoms. The van der Waals surface area contributed by atoms with Gasteiger partial charge in [0.15, 0.2) is 6.10 Å². The third-order valence-electron chi connectivity index (χ3n) is 1.49. The van der Waals surface area contributed by atoms with E-state index in [2.05, 4.69) is 20.8 Å². The van der Waals surface area contributed by atoms with Crippen molar-refractivity contribution in [2.45, 2.75) is 13.0 Å². The van der Waals surface area contributed by atoms with Gasteiger partial charge in [0.2, 0.25) is 5.13 Å². The van der Waals surface area contributed by atoms with Crippen molar-refractivity contribution in [3.63, 3.8) is 0 Å². The lowest BCUT2D eigenvalue weighted by molar-refractivity contribution is -0.146. The van der Waals surface area contributed by atoms with Gasteiger partial charge < -0.3 is 15.5 Å². The molecular formula is C7H10N4O4S. The SMILES string of the molecule is Cc1nnc(NC(=O)NC[C@H](O)C(=O)O)s1. The quantitative estimate of drug-likeness (QED) is 0.563. The number of rotatable bonds is 4. The summed E-state index contributed by atoms with van der Waals surface area (Å²) >= 11 is 1.18. The number of amides is 2. The average Bonchev–Trinajstić information content (AvgIpc) is 2.60. The monoisotopic (exact) mass is 246 g/mol. The number of carboxylic acids is 1. The number of hydrogen-bond donors (Lipinski definition) is 4. The highest BCUT2D eigenvalue weighted by Crippen LogP contribution is 2.12. The van der Waals surface area contributed by atoms with Crippen LogP contribution in [0.2, 0.25) is 0 Å². The second kappa shape index (κ2) is 5.37. The Hall–Kier alpha value is -1.74. The summed E-state index contributed by atoms with van der Waals surface area (Å²) in [6, 6.07) is -0.642. The van der Waals surface area contributed by atoms with Crippen molar-refractivity contribution >= 4 is 28.5 Å². The summed E-state index contributed by atoms with van der Waals surface area (Å²) in [5, 5.41) is 30.1. The van der Waals surface area contributed by atoms with Crippen LogP contribution < -0.4 is 10.6 Å².